The van der Waals surface area contributed by atoms with Gasteiger partial charge in [-0.3, -0.25) is 4.57 Å². The van der Waals surface area contributed by atoms with Crippen LogP contribution in [0.15, 0.2) is 30.3 Å². The van der Waals surface area contributed by atoms with Crippen molar-refractivity contribution in [2.24, 2.45) is 0 Å². The van der Waals surface area contributed by atoms with Crippen LogP contribution in [0.2, 0.25) is 0 Å². The van der Waals surface area contributed by atoms with E-state index in [9.17, 15) is 4.57 Å². The Balaban J connectivity index is 2.23. The van der Waals surface area contributed by atoms with Crippen LogP contribution in [0.4, 0.5) is 0 Å². The third-order valence-corrected chi connectivity index (χ3v) is 6.67. The fourth-order valence-corrected chi connectivity index (χ4v) is 5.66. The van der Waals surface area contributed by atoms with E-state index in [4.69, 9.17) is 9.05 Å². The summed E-state index contributed by atoms with van der Waals surface area (Å²) in [5.74, 6) is 0. The van der Waals surface area contributed by atoms with E-state index in [1.807, 2.05) is 45.9 Å². The molecule has 0 heterocycles. The Kier molecular flexibility index (Phi) is 4.44. The predicted molar refractivity (Wildman–Crippen MR) is 82.2 cm³/mol. The maximum atomic E-state index is 13.1. The first kappa shape index (κ1) is 15.8. The molecule has 1 aliphatic rings. The molecule has 1 saturated carbocycles. The van der Waals surface area contributed by atoms with Gasteiger partial charge in [-0.15, -0.1) is 0 Å². The summed E-state index contributed by atoms with van der Waals surface area (Å²) in [6.07, 6.45) is 0.661. The van der Waals surface area contributed by atoms with Crippen molar-refractivity contribution >= 4 is 7.60 Å². The Hall–Kier alpha value is -0.630. The number of rotatable bonds is 6. The Bertz CT molecular complexity index is 484. The summed E-state index contributed by atoms with van der Waals surface area (Å²) in [5.41, 5.74) is 1.08. The monoisotopic (exact) mass is 296 g/mol. The molecule has 0 aliphatic heterocycles. The van der Waals surface area contributed by atoms with E-state index in [1.54, 1.807) is 0 Å². The van der Waals surface area contributed by atoms with Gasteiger partial charge in [0.2, 0.25) is 0 Å². The summed E-state index contributed by atoms with van der Waals surface area (Å²) in [5, 5.41) is 0. The number of hydrogen-bond donors (Lipinski definition) is 0. The van der Waals surface area contributed by atoms with Crippen LogP contribution in [-0.2, 0) is 19.0 Å². The summed E-state index contributed by atoms with van der Waals surface area (Å²) in [6.45, 7) is 9.75. The Morgan fingerprint density at radius 1 is 1.10 bits per heavy atom. The van der Waals surface area contributed by atoms with Crippen LogP contribution in [0, 0.1) is 0 Å². The van der Waals surface area contributed by atoms with Gasteiger partial charge in [-0.1, -0.05) is 37.3 Å². The normalized spacial score (nSPS) is 26.2. The highest BCUT2D eigenvalue weighted by Gasteiger charge is 2.62. The molecule has 1 aliphatic carbocycles. The van der Waals surface area contributed by atoms with Gasteiger partial charge >= 0.3 is 7.60 Å². The Morgan fingerprint density at radius 2 is 1.60 bits per heavy atom. The van der Waals surface area contributed by atoms with E-state index in [0.717, 1.165) is 6.42 Å². The van der Waals surface area contributed by atoms with Crippen molar-refractivity contribution in [1.82, 2.24) is 0 Å². The topological polar surface area (TPSA) is 35.5 Å². The molecule has 1 aromatic carbocycles. The Labute approximate surface area is 122 Å². The smallest absolute Gasteiger partial charge is 0.306 e. The second-order valence-corrected chi connectivity index (χ2v) is 8.48. The first-order valence-corrected chi connectivity index (χ1v) is 8.91. The van der Waals surface area contributed by atoms with Gasteiger partial charge in [-0.25, -0.2) is 0 Å². The molecule has 4 heteroatoms. The van der Waals surface area contributed by atoms with Gasteiger partial charge in [-0.05, 0) is 39.7 Å². The minimum atomic E-state index is -3.08. The highest BCUT2D eigenvalue weighted by molar-refractivity contribution is 7.55. The van der Waals surface area contributed by atoms with Crippen molar-refractivity contribution in [2.75, 3.05) is 0 Å². The molecule has 112 valence electrons. The van der Waals surface area contributed by atoms with Gasteiger partial charge in [0.1, 0.15) is 0 Å². The quantitative estimate of drug-likeness (QED) is 0.710. The van der Waals surface area contributed by atoms with Crippen molar-refractivity contribution in [2.45, 2.75) is 64.3 Å². The molecule has 1 aromatic rings. The van der Waals surface area contributed by atoms with Crippen LogP contribution < -0.4 is 0 Å². The van der Waals surface area contributed by atoms with Gasteiger partial charge < -0.3 is 9.05 Å². The first-order valence-electron chi connectivity index (χ1n) is 7.30. The Morgan fingerprint density at radius 3 is 2.05 bits per heavy atom. The maximum Gasteiger partial charge on any atom is 0.335 e. The van der Waals surface area contributed by atoms with Crippen LogP contribution in [-0.4, -0.2) is 17.9 Å². The van der Waals surface area contributed by atoms with Gasteiger partial charge in [0.25, 0.3) is 0 Å². The molecule has 0 saturated heterocycles. The summed E-state index contributed by atoms with van der Waals surface area (Å²) >= 11 is 0. The molecule has 2 atom stereocenters. The van der Waals surface area contributed by atoms with Gasteiger partial charge in [0.15, 0.2) is 0 Å². The van der Waals surface area contributed by atoms with Crippen LogP contribution in [0.1, 0.15) is 46.6 Å². The lowest BCUT2D eigenvalue weighted by Gasteiger charge is -2.25. The second-order valence-electron chi connectivity index (χ2n) is 6.35. The van der Waals surface area contributed by atoms with Crippen LogP contribution in [0.5, 0.6) is 0 Å². The third kappa shape index (κ3) is 3.16. The molecule has 2 rings (SSSR count). The zero-order valence-corrected chi connectivity index (χ0v) is 13.9. The second kappa shape index (κ2) is 5.63. The molecule has 0 N–H and O–H groups in total. The van der Waals surface area contributed by atoms with Crippen molar-refractivity contribution in [1.29, 1.82) is 0 Å². The fraction of sp³-hybridized carbons (Fsp3) is 0.625. The molecule has 0 aromatic heterocycles. The lowest BCUT2D eigenvalue weighted by atomic mass is 9.99. The van der Waals surface area contributed by atoms with Gasteiger partial charge in [0, 0.05) is 5.41 Å². The fourth-order valence-electron chi connectivity index (χ4n) is 2.69. The average molecular weight is 296 g/mol. The highest BCUT2D eigenvalue weighted by atomic mass is 31.2. The van der Waals surface area contributed by atoms with E-state index < -0.39 is 7.60 Å². The number of benzene rings is 1. The average Bonchev–Trinajstić information content (AvgIpc) is 3.03. The summed E-state index contributed by atoms with van der Waals surface area (Å²) in [4.78, 5) is 0. The van der Waals surface area contributed by atoms with Gasteiger partial charge in [-0.2, -0.15) is 0 Å². The molecule has 0 amide bonds. The molecular formula is C16H25O3P. The molecule has 20 heavy (non-hydrogen) atoms. The standard InChI is InChI=1S/C16H25O3P/c1-12(2)18-20(17,19-13(3)4)15-11-16(15,5)14-9-7-6-8-10-14/h6-10,12-13,15H,11H2,1-5H3/t15-,16+/m1/s1. The van der Waals surface area contributed by atoms with Crippen molar-refractivity contribution in [3.05, 3.63) is 35.9 Å². The number of hydrogen-bond acceptors (Lipinski definition) is 3. The lowest BCUT2D eigenvalue weighted by Crippen LogP contribution is -2.15. The summed E-state index contributed by atoms with van der Waals surface area (Å²) in [7, 11) is -3.08. The highest BCUT2D eigenvalue weighted by Crippen LogP contribution is 2.71. The predicted octanol–water partition coefficient (Wildman–Crippen LogP) is 4.76. The van der Waals surface area contributed by atoms with E-state index in [2.05, 4.69) is 19.1 Å². The first-order chi connectivity index (χ1) is 9.28. The molecule has 0 unspecified atom stereocenters. The van der Waals surface area contributed by atoms with E-state index in [0.29, 0.717) is 0 Å². The minimum Gasteiger partial charge on any atom is -0.306 e. The maximum absolute atomic E-state index is 13.1. The zero-order valence-electron chi connectivity index (χ0n) is 13.0. The zero-order chi connectivity index (χ0) is 15.0. The van der Waals surface area contributed by atoms with E-state index in [1.165, 1.54) is 5.56 Å². The van der Waals surface area contributed by atoms with Crippen LogP contribution >= 0.6 is 7.60 Å². The molecule has 3 nitrogen and oxygen atoms in total. The van der Waals surface area contributed by atoms with Crippen LogP contribution in [0.3, 0.4) is 0 Å². The SMILES string of the molecule is CC(C)OP(=O)(OC(C)C)[C@@H]1C[C@@]1(C)c1ccccc1. The summed E-state index contributed by atoms with van der Waals surface area (Å²) < 4.78 is 24.6. The molecule has 0 bridgehead atoms. The largest absolute Gasteiger partial charge is 0.335 e. The lowest BCUT2D eigenvalue weighted by molar-refractivity contribution is 0.140. The van der Waals surface area contributed by atoms with Crippen molar-refractivity contribution < 1.29 is 13.6 Å². The minimum absolute atomic E-state index is 0.0396. The molecular weight excluding hydrogens is 271 g/mol. The molecule has 0 spiro atoms. The van der Waals surface area contributed by atoms with Crippen LogP contribution in [0.25, 0.3) is 0 Å². The van der Waals surface area contributed by atoms with Crippen molar-refractivity contribution in [3.63, 3.8) is 0 Å². The molecule has 1 fully saturated rings. The third-order valence-electron chi connectivity index (χ3n) is 3.72. The molecule has 0 radical (unpaired) electrons. The van der Waals surface area contributed by atoms with Gasteiger partial charge in [0.05, 0.1) is 17.9 Å². The van der Waals surface area contributed by atoms with Crippen molar-refractivity contribution in [3.8, 4) is 0 Å². The van der Waals surface area contributed by atoms with E-state index in [-0.39, 0.29) is 23.3 Å². The van der Waals surface area contributed by atoms with E-state index >= 15 is 0 Å². The summed E-state index contributed by atoms with van der Waals surface area (Å²) in [6, 6.07) is 10.2.